The highest BCUT2D eigenvalue weighted by molar-refractivity contribution is 7.89. The minimum absolute atomic E-state index is 0.00509. The van der Waals surface area contributed by atoms with Gasteiger partial charge in [-0.3, -0.25) is 19.2 Å². The van der Waals surface area contributed by atoms with Crippen molar-refractivity contribution in [3.05, 3.63) is 22.2 Å². The Bertz CT molecular complexity index is 1690. The molecule has 0 aliphatic heterocycles. The standard InChI is InChI=1S/C43H70Cl2N4O15S/c1-49(2)65(58,59)36-30-33(44)29-34(45)42(36)64-41(55)32-63-28-26-61-24-22-47-39(52)31-62-27-25-60-23-21-46-37(50)20-19-35(43(56)57)48-38(51)17-15-13-11-9-7-5-3-4-6-8-10-12-14-16-18-40(53)54/h29-30,35H,3-28,31-32H2,1-2H3,(H,46,50)(H,47,52)(H,48,51)(H,53,54)(H,56,57)/t35-/m0/s1. The first-order valence-electron chi connectivity index (χ1n) is 22.2. The largest absolute Gasteiger partial charge is 0.481 e. The van der Waals surface area contributed by atoms with Gasteiger partial charge >= 0.3 is 17.9 Å². The van der Waals surface area contributed by atoms with Crippen molar-refractivity contribution in [1.29, 1.82) is 0 Å². The summed E-state index contributed by atoms with van der Waals surface area (Å²) in [6, 6.07) is 1.21. The van der Waals surface area contributed by atoms with Gasteiger partial charge in [0, 0.05) is 51.5 Å². The lowest BCUT2D eigenvalue weighted by Crippen LogP contribution is -2.41. The van der Waals surface area contributed by atoms with E-state index in [9.17, 15) is 42.3 Å². The summed E-state index contributed by atoms with van der Waals surface area (Å²) in [5.41, 5.74) is 0. The Hall–Kier alpha value is -3.63. The van der Waals surface area contributed by atoms with Crippen molar-refractivity contribution >= 4 is 68.9 Å². The number of nitrogens with one attached hydrogen (secondary N) is 3. The minimum atomic E-state index is -4.02. The number of rotatable bonds is 41. The molecule has 0 aliphatic rings. The lowest BCUT2D eigenvalue weighted by Gasteiger charge is -2.16. The van der Waals surface area contributed by atoms with E-state index in [1.165, 1.54) is 58.7 Å². The molecule has 5 N–H and O–H groups in total. The van der Waals surface area contributed by atoms with Gasteiger partial charge in [-0.15, -0.1) is 0 Å². The lowest BCUT2D eigenvalue weighted by atomic mass is 10.0. The second-order valence-corrected chi connectivity index (χ2v) is 18.3. The Morgan fingerprint density at radius 2 is 1.09 bits per heavy atom. The number of carboxylic acids is 2. The van der Waals surface area contributed by atoms with Crippen LogP contribution in [0.4, 0.5) is 0 Å². The molecule has 19 nitrogen and oxygen atoms in total. The van der Waals surface area contributed by atoms with Crippen molar-refractivity contribution in [2.24, 2.45) is 0 Å². The second kappa shape index (κ2) is 36.5. The van der Waals surface area contributed by atoms with E-state index in [4.69, 9.17) is 52.0 Å². The molecule has 65 heavy (non-hydrogen) atoms. The highest BCUT2D eigenvalue weighted by atomic mass is 35.5. The smallest absolute Gasteiger partial charge is 0.337 e. The molecule has 0 spiro atoms. The molecule has 1 aromatic rings. The number of nitrogens with zero attached hydrogens (tertiary/aromatic N) is 1. The maximum atomic E-state index is 12.6. The number of aliphatic carboxylic acids is 2. The maximum Gasteiger partial charge on any atom is 0.337 e. The Labute approximate surface area is 393 Å². The van der Waals surface area contributed by atoms with Crippen LogP contribution in [0.5, 0.6) is 5.75 Å². The van der Waals surface area contributed by atoms with Crippen LogP contribution >= 0.6 is 23.2 Å². The van der Waals surface area contributed by atoms with Gasteiger partial charge in [-0.05, 0) is 31.4 Å². The van der Waals surface area contributed by atoms with Crippen molar-refractivity contribution in [2.45, 2.75) is 127 Å². The van der Waals surface area contributed by atoms with E-state index >= 15 is 0 Å². The van der Waals surface area contributed by atoms with Crippen LogP contribution in [0.3, 0.4) is 0 Å². The number of benzene rings is 1. The zero-order valence-electron chi connectivity index (χ0n) is 37.8. The molecule has 0 aromatic heterocycles. The van der Waals surface area contributed by atoms with Gasteiger partial charge in [0.15, 0.2) is 5.75 Å². The van der Waals surface area contributed by atoms with Gasteiger partial charge in [0.05, 0.1) is 44.7 Å². The molecule has 372 valence electrons. The summed E-state index contributed by atoms with van der Waals surface area (Å²) in [6.07, 6.45) is 15.3. The molecule has 0 aliphatic carbocycles. The minimum Gasteiger partial charge on any atom is -0.481 e. The summed E-state index contributed by atoms with van der Waals surface area (Å²) in [6.45, 7) is 0.337. The van der Waals surface area contributed by atoms with Gasteiger partial charge in [-0.2, -0.15) is 0 Å². The Kier molecular flexibility index (Phi) is 33.3. The van der Waals surface area contributed by atoms with Gasteiger partial charge in [0.2, 0.25) is 27.7 Å². The third kappa shape index (κ3) is 30.3. The average Bonchev–Trinajstić information content (AvgIpc) is 3.24. The summed E-state index contributed by atoms with van der Waals surface area (Å²) in [4.78, 5) is 70.6. The molecule has 0 bridgehead atoms. The fraction of sp³-hybridized carbons (Fsp3) is 0.721. The van der Waals surface area contributed by atoms with E-state index in [0.717, 1.165) is 55.3 Å². The molecule has 22 heteroatoms. The topological polar surface area (TPSA) is 262 Å². The second-order valence-electron chi connectivity index (χ2n) is 15.3. The van der Waals surface area contributed by atoms with E-state index in [1.54, 1.807) is 0 Å². The van der Waals surface area contributed by atoms with Crippen molar-refractivity contribution in [1.82, 2.24) is 20.3 Å². The molecular formula is C43H70Cl2N4O15S. The van der Waals surface area contributed by atoms with E-state index in [2.05, 4.69) is 16.0 Å². The van der Waals surface area contributed by atoms with E-state index in [1.807, 2.05) is 0 Å². The fourth-order valence-electron chi connectivity index (χ4n) is 6.07. The first-order chi connectivity index (χ1) is 31.0. The first kappa shape index (κ1) is 59.4. The normalized spacial score (nSPS) is 11.9. The van der Waals surface area contributed by atoms with Crippen molar-refractivity contribution in [3.63, 3.8) is 0 Å². The van der Waals surface area contributed by atoms with Crippen LogP contribution in [0.1, 0.15) is 116 Å². The number of amides is 3. The fourth-order valence-corrected chi connectivity index (χ4v) is 7.78. The summed E-state index contributed by atoms with van der Waals surface area (Å²) in [7, 11) is -1.42. The average molecular weight is 986 g/mol. The number of carbonyl (C=O) groups excluding carboxylic acids is 4. The van der Waals surface area contributed by atoms with Crippen molar-refractivity contribution in [3.8, 4) is 5.75 Å². The van der Waals surface area contributed by atoms with Gasteiger partial charge < -0.3 is 49.8 Å². The van der Waals surface area contributed by atoms with Crippen molar-refractivity contribution in [2.75, 3.05) is 80.0 Å². The van der Waals surface area contributed by atoms with E-state index < -0.39 is 40.6 Å². The predicted molar refractivity (Wildman–Crippen MR) is 243 cm³/mol. The third-order valence-electron chi connectivity index (χ3n) is 9.62. The Morgan fingerprint density at radius 3 is 1.60 bits per heavy atom. The Morgan fingerprint density at radius 1 is 0.615 bits per heavy atom. The number of hydrogen-bond acceptors (Lipinski definition) is 13. The molecule has 1 rings (SSSR count). The van der Waals surface area contributed by atoms with Crippen LogP contribution in [0, 0.1) is 0 Å². The number of carbonyl (C=O) groups is 6. The quantitative estimate of drug-likeness (QED) is 0.0324. The first-order valence-corrected chi connectivity index (χ1v) is 24.4. The number of carboxylic acid groups (broad SMARTS) is 2. The van der Waals surface area contributed by atoms with Gasteiger partial charge in [-0.1, -0.05) is 100 Å². The van der Waals surface area contributed by atoms with Gasteiger partial charge in [-0.25, -0.2) is 22.3 Å². The van der Waals surface area contributed by atoms with E-state index in [-0.39, 0.29) is 123 Å². The van der Waals surface area contributed by atoms with Crippen LogP contribution in [-0.4, -0.2) is 145 Å². The highest BCUT2D eigenvalue weighted by Gasteiger charge is 2.27. The SMILES string of the molecule is CN(C)S(=O)(=O)c1cc(Cl)cc(Cl)c1OC(=O)COCCOCCNC(=O)COCCOCCNC(=O)CC[C@H](NC(=O)CCCCCCCCCCCCCCCCC(=O)O)C(=O)O. The molecule has 0 saturated heterocycles. The van der Waals surface area contributed by atoms with Gasteiger partial charge in [0.25, 0.3) is 0 Å². The number of unbranched alkanes of at least 4 members (excludes halogenated alkanes) is 13. The maximum absolute atomic E-state index is 12.6. The zero-order valence-corrected chi connectivity index (χ0v) is 40.2. The van der Waals surface area contributed by atoms with E-state index in [0.29, 0.717) is 6.42 Å². The van der Waals surface area contributed by atoms with Gasteiger partial charge in [0.1, 0.15) is 24.2 Å². The molecule has 1 atom stereocenters. The zero-order chi connectivity index (χ0) is 48.3. The Balaban J connectivity index is 2.01. The summed E-state index contributed by atoms with van der Waals surface area (Å²) in [5, 5.41) is 25.8. The van der Waals surface area contributed by atoms with Crippen LogP contribution in [0.25, 0.3) is 0 Å². The number of halogens is 2. The molecule has 0 fully saturated rings. The monoisotopic (exact) mass is 984 g/mol. The molecule has 0 heterocycles. The van der Waals surface area contributed by atoms with Crippen LogP contribution in [0.2, 0.25) is 10.0 Å². The molecule has 0 radical (unpaired) electrons. The number of hydrogen-bond donors (Lipinski definition) is 5. The lowest BCUT2D eigenvalue weighted by molar-refractivity contribution is -0.142. The number of ether oxygens (including phenoxy) is 5. The van der Waals surface area contributed by atoms with Crippen LogP contribution < -0.4 is 20.7 Å². The number of esters is 1. The molecular weight excluding hydrogens is 915 g/mol. The third-order valence-corrected chi connectivity index (χ3v) is 11.9. The molecule has 1 aromatic carbocycles. The molecule has 3 amide bonds. The van der Waals surface area contributed by atoms with Crippen LogP contribution in [-0.2, 0) is 57.7 Å². The highest BCUT2D eigenvalue weighted by Crippen LogP contribution is 2.36. The summed E-state index contributed by atoms with van der Waals surface area (Å²) < 4.78 is 52.5. The predicted octanol–water partition coefficient (Wildman–Crippen LogP) is 5.12. The molecule has 0 unspecified atom stereocenters. The summed E-state index contributed by atoms with van der Waals surface area (Å²) >= 11 is 12.0. The van der Waals surface area contributed by atoms with Crippen LogP contribution in [0.15, 0.2) is 17.0 Å². The summed E-state index contributed by atoms with van der Waals surface area (Å²) in [5.74, 6) is -4.28. The van der Waals surface area contributed by atoms with Crippen molar-refractivity contribution < 1.29 is 71.1 Å². The molecule has 0 saturated carbocycles. The number of sulfonamides is 1.